The number of hydrogen-bond acceptors (Lipinski definition) is 3. The summed E-state index contributed by atoms with van der Waals surface area (Å²) in [4.78, 5) is 9.36. The van der Waals surface area contributed by atoms with E-state index in [1.54, 1.807) is 6.20 Å². The van der Waals surface area contributed by atoms with Gasteiger partial charge in [-0.1, -0.05) is 42.5 Å². The molecule has 3 aromatic heterocycles. The van der Waals surface area contributed by atoms with E-state index in [-0.39, 0.29) is 0 Å². The van der Waals surface area contributed by atoms with Crippen LogP contribution in [0.5, 0.6) is 0 Å². The third-order valence-corrected chi connectivity index (χ3v) is 4.13. The molecule has 3 heterocycles. The first-order chi connectivity index (χ1) is 11.4. The Balaban J connectivity index is 1.87. The zero-order chi connectivity index (χ0) is 15.2. The second-order valence-corrected chi connectivity index (χ2v) is 5.52. The highest BCUT2D eigenvalue weighted by Gasteiger charge is 2.14. The lowest BCUT2D eigenvalue weighted by Crippen LogP contribution is -1.89. The minimum atomic E-state index is 0.839. The van der Waals surface area contributed by atoms with Crippen molar-refractivity contribution in [1.29, 1.82) is 0 Å². The summed E-state index contributed by atoms with van der Waals surface area (Å²) in [6.45, 7) is 0. The van der Waals surface area contributed by atoms with Crippen molar-refractivity contribution in [3.8, 4) is 11.4 Å². The third kappa shape index (κ3) is 1.83. The lowest BCUT2D eigenvalue weighted by atomic mass is 10.1. The molecule has 3 heteroatoms. The van der Waals surface area contributed by atoms with E-state index >= 15 is 0 Å². The maximum Gasteiger partial charge on any atom is 0.139 e. The highest BCUT2D eigenvalue weighted by Crippen LogP contribution is 2.34. The molecule has 0 unspecified atom stereocenters. The number of hydrogen-bond donors (Lipinski definition) is 0. The number of rotatable bonds is 1. The number of para-hydroxylation sites is 2. The maximum absolute atomic E-state index is 5.93. The molecule has 5 rings (SSSR count). The van der Waals surface area contributed by atoms with Gasteiger partial charge in [-0.3, -0.25) is 4.98 Å². The molecule has 23 heavy (non-hydrogen) atoms. The summed E-state index contributed by atoms with van der Waals surface area (Å²) in [6.07, 6.45) is 1.77. The van der Waals surface area contributed by atoms with E-state index in [1.165, 1.54) is 0 Å². The van der Waals surface area contributed by atoms with Crippen LogP contribution in [-0.4, -0.2) is 9.97 Å². The summed E-state index contributed by atoms with van der Waals surface area (Å²) < 4.78 is 5.93. The summed E-state index contributed by atoms with van der Waals surface area (Å²) >= 11 is 0. The van der Waals surface area contributed by atoms with Crippen LogP contribution in [0.4, 0.5) is 0 Å². The number of nitrogens with zero attached hydrogens (tertiary/aromatic N) is 2. The van der Waals surface area contributed by atoms with Crippen molar-refractivity contribution in [2.75, 3.05) is 0 Å². The number of fused-ring (bicyclic) bond motifs is 4. The molecule has 0 N–H and O–H groups in total. The number of aromatic nitrogens is 2. The molecule has 0 atom stereocenters. The molecule has 0 spiro atoms. The molecule has 2 aromatic carbocycles. The van der Waals surface area contributed by atoms with Gasteiger partial charge in [0.15, 0.2) is 0 Å². The lowest BCUT2D eigenvalue weighted by molar-refractivity contribution is 0.668. The molecule has 5 aromatic rings. The fraction of sp³-hybridized carbons (Fsp3) is 0. The molecular formula is C20H12N2O. The molecule has 0 saturated heterocycles. The van der Waals surface area contributed by atoms with Crippen LogP contribution in [0.3, 0.4) is 0 Å². The number of pyridine rings is 2. The van der Waals surface area contributed by atoms with E-state index in [1.807, 2.05) is 48.5 Å². The minimum absolute atomic E-state index is 0.839. The Morgan fingerprint density at radius 1 is 0.739 bits per heavy atom. The van der Waals surface area contributed by atoms with Gasteiger partial charge in [0, 0.05) is 17.0 Å². The highest BCUT2D eigenvalue weighted by atomic mass is 16.3. The largest absolute Gasteiger partial charge is 0.456 e. The highest BCUT2D eigenvalue weighted by molar-refractivity contribution is 6.11. The number of furan rings is 1. The van der Waals surface area contributed by atoms with E-state index < -0.39 is 0 Å². The molecule has 0 amide bonds. The predicted molar refractivity (Wildman–Crippen MR) is 92.3 cm³/mol. The smallest absolute Gasteiger partial charge is 0.139 e. The Morgan fingerprint density at radius 3 is 2.61 bits per heavy atom. The summed E-state index contributed by atoms with van der Waals surface area (Å²) in [7, 11) is 0. The second-order valence-electron chi connectivity index (χ2n) is 5.52. The summed E-state index contributed by atoms with van der Waals surface area (Å²) in [5.41, 5.74) is 4.40. The van der Waals surface area contributed by atoms with E-state index in [4.69, 9.17) is 9.40 Å². The van der Waals surface area contributed by atoms with Crippen LogP contribution in [0, 0.1) is 0 Å². The Bertz CT molecular complexity index is 1170. The van der Waals surface area contributed by atoms with Crippen molar-refractivity contribution < 1.29 is 4.42 Å². The van der Waals surface area contributed by atoms with Crippen molar-refractivity contribution in [3.63, 3.8) is 0 Å². The third-order valence-electron chi connectivity index (χ3n) is 4.13. The van der Waals surface area contributed by atoms with Gasteiger partial charge < -0.3 is 4.42 Å². The second kappa shape index (κ2) is 4.65. The van der Waals surface area contributed by atoms with Crippen LogP contribution in [-0.2, 0) is 0 Å². The van der Waals surface area contributed by atoms with Crippen molar-refractivity contribution in [3.05, 3.63) is 72.9 Å². The van der Waals surface area contributed by atoms with E-state index in [2.05, 4.69) is 23.2 Å². The van der Waals surface area contributed by atoms with Crippen LogP contribution in [0.25, 0.3) is 44.2 Å². The van der Waals surface area contributed by atoms with Crippen LogP contribution in [0.15, 0.2) is 77.3 Å². The van der Waals surface area contributed by atoms with E-state index in [9.17, 15) is 0 Å². The Kier molecular flexibility index (Phi) is 2.50. The monoisotopic (exact) mass is 296 g/mol. The van der Waals surface area contributed by atoms with Gasteiger partial charge in [0.2, 0.25) is 0 Å². The Morgan fingerprint density at radius 2 is 1.61 bits per heavy atom. The fourth-order valence-corrected chi connectivity index (χ4v) is 3.06. The van der Waals surface area contributed by atoms with E-state index in [0.29, 0.717) is 0 Å². The SMILES string of the molecule is c1ccc2nc(-c3nccc4oc5ccccc5c34)ccc2c1. The minimum Gasteiger partial charge on any atom is -0.456 e. The van der Waals surface area contributed by atoms with Crippen LogP contribution >= 0.6 is 0 Å². The van der Waals surface area contributed by atoms with Gasteiger partial charge in [-0.25, -0.2) is 4.98 Å². The van der Waals surface area contributed by atoms with Gasteiger partial charge in [-0.15, -0.1) is 0 Å². The van der Waals surface area contributed by atoms with Gasteiger partial charge in [-0.05, 0) is 24.3 Å². The average molecular weight is 296 g/mol. The standard InChI is InChI=1S/C20H12N2O/c1-3-7-15-13(5-1)9-10-16(22-15)20-19-14-6-2-4-8-17(14)23-18(19)11-12-21-20/h1-12H. The van der Waals surface area contributed by atoms with Crippen molar-refractivity contribution in [1.82, 2.24) is 9.97 Å². The molecular weight excluding hydrogens is 284 g/mol. The summed E-state index contributed by atoms with van der Waals surface area (Å²) in [6, 6.07) is 22.1. The average Bonchev–Trinajstić information content (AvgIpc) is 3.00. The quantitative estimate of drug-likeness (QED) is 0.427. The topological polar surface area (TPSA) is 38.9 Å². The molecule has 108 valence electrons. The van der Waals surface area contributed by atoms with Crippen LogP contribution in [0.2, 0.25) is 0 Å². The fourth-order valence-electron chi connectivity index (χ4n) is 3.06. The Labute approximate surface area is 132 Å². The first-order valence-electron chi connectivity index (χ1n) is 7.52. The van der Waals surface area contributed by atoms with Gasteiger partial charge in [-0.2, -0.15) is 0 Å². The van der Waals surface area contributed by atoms with Gasteiger partial charge in [0.05, 0.1) is 16.6 Å². The summed E-state index contributed by atoms with van der Waals surface area (Å²) in [5.74, 6) is 0. The number of benzene rings is 2. The summed E-state index contributed by atoms with van der Waals surface area (Å²) in [5, 5.41) is 3.21. The van der Waals surface area contributed by atoms with Crippen LogP contribution in [0.1, 0.15) is 0 Å². The zero-order valence-electron chi connectivity index (χ0n) is 12.2. The van der Waals surface area contributed by atoms with Gasteiger partial charge >= 0.3 is 0 Å². The van der Waals surface area contributed by atoms with Crippen LogP contribution < -0.4 is 0 Å². The van der Waals surface area contributed by atoms with Gasteiger partial charge in [0.25, 0.3) is 0 Å². The van der Waals surface area contributed by atoms with Gasteiger partial charge in [0.1, 0.15) is 16.9 Å². The molecule has 0 aliphatic heterocycles. The Hall–Kier alpha value is -3.20. The molecule has 0 saturated carbocycles. The molecule has 0 aliphatic carbocycles. The first-order valence-corrected chi connectivity index (χ1v) is 7.52. The normalized spacial score (nSPS) is 11.5. The zero-order valence-corrected chi connectivity index (χ0v) is 12.2. The lowest BCUT2D eigenvalue weighted by Gasteiger charge is -2.04. The molecule has 0 aliphatic rings. The first kappa shape index (κ1) is 12.4. The molecule has 3 nitrogen and oxygen atoms in total. The van der Waals surface area contributed by atoms with E-state index in [0.717, 1.165) is 44.2 Å². The molecule has 0 fully saturated rings. The van der Waals surface area contributed by atoms with Crippen molar-refractivity contribution >= 4 is 32.8 Å². The molecule has 0 radical (unpaired) electrons. The predicted octanol–water partition coefficient (Wildman–Crippen LogP) is 5.20. The van der Waals surface area contributed by atoms with Crippen molar-refractivity contribution in [2.45, 2.75) is 0 Å². The maximum atomic E-state index is 5.93. The molecule has 0 bridgehead atoms. The van der Waals surface area contributed by atoms with Crippen molar-refractivity contribution in [2.24, 2.45) is 0 Å².